The van der Waals surface area contributed by atoms with Gasteiger partial charge in [-0.05, 0) is 50.4 Å². The number of rotatable bonds is 5. The summed E-state index contributed by atoms with van der Waals surface area (Å²) in [5.41, 5.74) is 0.764. The van der Waals surface area contributed by atoms with Crippen molar-refractivity contribution in [3.05, 3.63) is 29.8 Å². The van der Waals surface area contributed by atoms with Crippen molar-refractivity contribution in [2.24, 2.45) is 0 Å². The Balaban J connectivity index is 2.00. The average Bonchev–Trinajstić information content (AvgIpc) is 2.59. The lowest BCUT2D eigenvalue weighted by Crippen LogP contribution is -2.48. The minimum atomic E-state index is -3.47. The molecule has 1 aliphatic heterocycles. The highest BCUT2D eigenvalue weighted by Gasteiger charge is 2.24. The fourth-order valence-corrected chi connectivity index (χ4v) is 3.71. The number of piperidine rings is 1. The van der Waals surface area contributed by atoms with Crippen LogP contribution in [0.2, 0.25) is 0 Å². The Hall–Kier alpha value is -1.60. The third kappa shape index (κ3) is 4.45. The SMILES string of the molecule is CC[C@@H]1CCCCN1C(=O)NCc1cccc(S(=O)(=O)NC)c1. The van der Waals surface area contributed by atoms with Crippen molar-refractivity contribution in [1.82, 2.24) is 14.9 Å². The van der Waals surface area contributed by atoms with E-state index in [9.17, 15) is 13.2 Å². The second-order valence-corrected chi connectivity index (χ2v) is 7.65. The van der Waals surface area contributed by atoms with Crippen LogP contribution in [0.15, 0.2) is 29.2 Å². The summed E-state index contributed by atoms with van der Waals surface area (Å²) in [5.74, 6) is 0. The van der Waals surface area contributed by atoms with Crippen molar-refractivity contribution in [3.8, 4) is 0 Å². The second-order valence-electron chi connectivity index (χ2n) is 5.76. The summed E-state index contributed by atoms with van der Waals surface area (Å²) in [6.07, 6.45) is 4.23. The number of carbonyl (C=O) groups is 1. The van der Waals surface area contributed by atoms with Gasteiger partial charge in [-0.3, -0.25) is 0 Å². The largest absolute Gasteiger partial charge is 0.334 e. The summed E-state index contributed by atoms with van der Waals surface area (Å²) in [7, 11) is -2.09. The van der Waals surface area contributed by atoms with Gasteiger partial charge in [0.1, 0.15) is 0 Å². The van der Waals surface area contributed by atoms with E-state index in [1.807, 2.05) is 11.0 Å². The zero-order chi connectivity index (χ0) is 16.9. The van der Waals surface area contributed by atoms with Crippen molar-refractivity contribution < 1.29 is 13.2 Å². The van der Waals surface area contributed by atoms with Crippen LogP contribution >= 0.6 is 0 Å². The molecule has 1 aromatic carbocycles. The highest BCUT2D eigenvalue weighted by Crippen LogP contribution is 2.19. The lowest BCUT2D eigenvalue weighted by Gasteiger charge is -2.35. The molecule has 0 radical (unpaired) electrons. The predicted molar refractivity (Wildman–Crippen MR) is 89.6 cm³/mol. The average molecular weight is 339 g/mol. The molecule has 0 bridgehead atoms. The van der Waals surface area contributed by atoms with Crippen LogP contribution in [0.3, 0.4) is 0 Å². The molecule has 0 aromatic heterocycles. The summed E-state index contributed by atoms with van der Waals surface area (Å²) >= 11 is 0. The van der Waals surface area contributed by atoms with Gasteiger partial charge in [0.2, 0.25) is 10.0 Å². The predicted octanol–water partition coefficient (Wildman–Crippen LogP) is 2.07. The number of hydrogen-bond donors (Lipinski definition) is 2. The van der Waals surface area contributed by atoms with E-state index < -0.39 is 10.0 Å². The topological polar surface area (TPSA) is 78.5 Å². The van der Waals surface area contributed by atoms with Gasteiger partial charge in [0.05, 0.1) is 4.90 Å². The number of sulfonamides is 1. The highest BCUT2D eigenvalue weighted by atomic mass is 32.2. The number of benzene rings is 1. The van der Waals surface area contributed by atoms with Crippen LogP contribution in [0.25, 0.3) is 0 Å². The number of likely N-dealkylation sites (tertiary alicyclic amines) is 1. The number of amides is 2. The molecule has 1 fully saturated rings. The maximum Gasteiger partial charge on any atom is 0.317 e. The number of urea groups is 1. The summed E-state index contributed by atoms with van der Waals surface area (Å²) in [4.78, 5) is 14.5. The Kier molecular flexibility index (Phi) is 6.01. The number of carbonyl (C=O) groups excluding carboxylic acids is 1. The van der Waals surface area contributed by atoms with Crippen LogP contribution in [0, 0.1) is 0 Å². The first kappa shape index (κ1) is 17.7. The van der Waals surface area contributed by atoms with Gasteiger partial charge in [-0.25, -0.2) is 17.9 Å². The van der Waals surface area contributed by atoms with Gasteiger partial charge in [0.15, 0.2) is 0 Å². The highest BCUT2D eigenvalue weighted by molar-refractivity contribution is 7.89. The van der Waals surface area contributed by atoms with Crippen LogP contribution in [-0.4, -0.2) is 39.0 Å². The smallest absolute Gasteiger partial charge is 0.317 e. The molecule has 2 rings (SSSR count). The quantitative estimate of drug-likeness (QED) is 0.862. The first-order valence-corrected chi connectivity index (χ1v) is 9.53. The zero-order valence-corrected chi connectivity index (χ0v) is 14.5. The maximum atomic E-state index is 12.4. The van der Waals surface area contributed by atoms with Gasteiger partial charge >= 0.3 is 6.03 Å². The van der Waals surface area contributed by atoms with Gasteiger partial charge in [-0.2, -0.15) is 0 Å². The molecule has 0 unspecified atom stereocenters. The van der Waals surface area contributed by atoms with Crippen LogP contribution in [-0.2, 0) is 16.6 Å². The fourth-order valence-electron chi connectivity index (χ4n) is 2.91. The molecular formula is C16H25N3O3S. The molecule has 0 saturated carbocycles. The lowest BCUT2D eigenvalue weighted by atomic mass is 10.0. The molecule has 1 saturated heterocycles. The second kappa shape index (κ2) is 7.79. The molecule has 7 heteroatoms. The summed E-state index contributed by atoms with van der Waals surface area (Å²) < 4.78 is 25.9. The van der Waals surface area contributed by atoms with E-state index >= 15 is 0 Å². The van der Waals surface area contributed by atoms with Crippen LogP contribution in [0.4, 0.5) is 4.79 Å². The van der Waals surface area contributed by atoms with Crippen molar-refractivity contribution in [1.29, 1.82) is 0 Å². The molecule has 6 nitrogen and oxygen atoms in total. The Bertz CT molecular complexity index is 646. The Morgan fingerprint density at radius 2 is 2.13 bits per heavy atom. The molecule has 1 atom stereocenters. The van der Waals surface area contributed by atoms with Gasteiger partial charge in [-0.1, -0.05) is 19.1 Å². The van der Waals surface area contributed by atoms with Crippen LogP contribution < -0.4 is 10.0 Å². The Labute approximate surface area is 138 Å². The van der Waals surface area contributed by atoms with Gasteiger partial charge in [0, 0.05) is 19.1 Å². The number of nitrogens with one attached hydrogen (secondary N) is 2. The Morgan fingerprint density at radius 1 is 1.35 bits per heavy atom. The minimum absolute atomic E-state index is 0.0709. The minimum Gasteiger partial charge on any atom is -0.334 e. The molecule has 0 aliphatic carbocycles. The molecule has 128 valence electrons. The molecule has 1 aliphatic rings. The van der Waals surface area contributed by atoms with Crippen molar-refractivity contribution >= 4 is 16.1 Å². The molecule has 2 N–H and O–H groups in total. The molecule has 1 aromatic rings. The normalized spacial score (nSPS) is 18.7. The maximum absolute atomic E-state index is 12.4. The summed E-state index contributed by atoms with van der Waals surface area (Å²) in [6.45, 7) is 3.21. The Morgan fingerprint density at radius 3 is 2.83 bits per heavy atom. The molecule has 0 spiro atoms. The standard InChI is InChI=1S/C16H25N3O3S/c1-3-14-8-4-5-10-19(14)16(20)18-12-13-7-6-9-15(11-13)23(21,22)17-2/h6-7,9,11,14,17H,3-5,8,10,12H2,1-2H3,(H,18,20)/t14-/m1/s1. The van der Waals surface area contributed by atoms with E-state index in [0.717, 1.165) is 31.4 Å². The van der Waals surface area contributed by atoms with E-state index in [1.54, 1.807) is 12.1 Å². The van der Waals surface area contributed by atoms with Crippen LogP contribution in [0.1, 0.15) is 38.2 Å². The van der Waals surface area contributed by atoms with E-state index in [-0.39, 0.29) is 10.9 Å². The van der Waals surface area contributed by atoms with Crippen molar-refractivity contribution in [2.45, 2.75) is 50.1 Å². The fraction of sp³-hybridized carbons (Fsp3) is 0.562. The third-order valence-corrected chi connectivity index (χ3v) is 5.69. The lowest BCUT2D eigenvalue weighted by molar-refractivity contribution is 0.148. The van der Waals surface area contributed by atoms with E-state index in [2.05, 4.69) is 17.0 Å². The van der Waals surface area contributed by atoms with Crippen molar-refractivity contribution in [3.63, 3.8) is 0 Å². The molecule has 1 heterocycles. The van der Waals surface area contributed by atoms with Gasteiger partial charge in [-0.15, -0.1) is 0 Å². The monoisotopic (exact) mass is 339 g/mol. The number of nitrogens with zero attached hydrogens (tertiary/aromatic N) is 1. The first-order valence-electron chi connectivity index (χ1n) is 8.05. The summed E-state index contributed by atoms with van der Waals surface area (Å²) in [5, 5.41) is 2.90. The number of hydrogen-bond acceptors (Lipinski definition) is 3. The third-order valence-electron chi connectivity index (χ3n) is 4.28. The first-order chi connectivity index (χ1) is 11.0. The molecule has 23 heavy (non-hydrogen) atoms. The summed E-state index contributed by atoms with van der Waals surface area (Å²) in [6, 6.07) is 6.84. The van der Waals surface area contributed by atoms with E-state index in [4.69, 9.17) is 0 Å². The van der Waals surface area contributed by atoms with Crippen LogP contribution in [0.5, 0.6) is 0 Å². The van der Waals surface area contributed by atoms with Gasteiger partial charge < -0.3 is 10.2 Å². The van der Waals surface area contributed by atoms with Crippen molar-refractivity contribution in [2.75, 3.05) is 13.6 Å². The van der Waals surface area contributed by atoms with E-state index in [1.165, 1.54) is 19.5 Å². The molecule has 2 amide bonds. The van der Waals surface area contributed by atoms with E-state index in [0.29, 0.717) is 12.6 Å². The van der Waals surface area contributed by atoms with Gasteiger partial charge in [0.25, 0.3) is 0 Å². The zero-order valence-electron chi connectivity index (χ0n) is 13.7. The molecular weight excluding hydrogens is 314 g/mol.